The highest BCUT2D eigenvalue weighted by Gasteiger charge is 2.60. The Morgan fingerprint density at radius 3 is 2.89 bits per heavy atom. The highest BCUT2D eigenvalue weighted by molar-refractivity contribution is 5.98. The van der Waals surface area contributed by atoms with E-state index in [1.165, 1.54) is 0 Å². The summed E-state index contributed by atoms with van der Waals surface area (Å²) in [6.45, 7) is 4.52. The number of Topliss-reactive ketones (excluding diaryl/α,β-unsaturated/α-hetero) is 1. The van der Waals surface area contributed by atoms with Gasteiger partial charge in [-0.25, -0.2) is 0 Å². The molecule has 4 bridgehead atoms. The van der Waals surface area contributed by atoms with E-state index in [0.717, 1.165) is 5.57 Å². The van der Waals surface area contributed by atoms with Crippen LogP contribution in [0, 0.1) is 11.3 Å². The molecule has 1 aliphatic carbocycles. The smallest absolute Gasteiger partial charge is 0.259 e. The van der Waals surface area contributed by atoms with Crippen molar-refractivity contribution in [1.29, 1.82) is 0 Å². The van der Waals surface area contributed by atoms with E-state index in [9.17, 15) is 9.90 Å². The minimum absolute atomic E-state index is 0.0869. The lowest BCUT2D eigenvalue weighted by Crippen LogP contribution is -2.56. The Morgan fingerprint density at radius 1 is 1.32 bits per heavy atom. The van der Waals surface area contributed by atoms with Crippen molar-refractivity contribution in [3.8, 4) is 0 Å². The molecule has 4 atom stereocenters. The summed E-state index contributed by atoms with van der Waals surface area (Å²) in [6.07, 6.45) is 0.771. The molecule has 4 aliphatic rings. The lowest BCUT2D eigenvalue weighted by atomic mass is 9.70. The van der Waals surface area contributed by atoms with Crippen molar-refractivity contribution in [3.05, 3.63) is 11.3 Å². The molecule has 0 radical (unpaired) electrons. The third-order valence-electron chi connectivity index (χ3n) is 4.59. The molecule has 19 heavy (non-hydrogen) atoms. The van der Waals surface area contributed by atoms with Crippen LogP contribution >= 0.6 is 0 Å². The van der Waals surface area contributed by atoms with Gasteiger partial charge in [0.15, 0.2) is 5.78 Å². The Kier molecular flexibility index (Phi) is 2.12. The van der Waals surface area contributed by atoms with Crippen LogP contribution in [0.1, 0.15) is 33.1 Å². The van der Waals surface area contributed by atoms with E-state index in [1.807, 2.05) is 13.8 Å². The molecule has 2 unspecified atom stereocenters. The molecule has 104 valence electrons. The predicted molar refractivity (Wildman–Crippen MR) is 63.8 cm³/mol. The highest BCUT2D eigenvalue weighted by Crippen LogP contribution is 2.52. The maximum atomic E-state index is 12.4. The Balaban J connectivity index is 1.81. The zero-order chi connectivity index (χ0) is 13.4. The van der Waals surface area contributed by atoms with Crippen molar-refractivity contribution in [2.24, 2.45) is 11.3 Å². The summed E-state index contributed by atoms with van der Waals surface area (Å²) in [5.41, 5.74) is 0.622. The lowest BCUT2D eigenvalue weighted by Gasteiger charge is -2.48. The topological polar surface area (TPSA) is 65.0 Å². The SMILES string of the molecule is CC1(C)CC(=O)C2=C(C1)OC1(O)C[C@@H]2C2CO[C@@H]1O2. The molecule has 3 heterocycles. The number of carbonyl (C=O) groups is 1. The van der Waals surface area contributed by atoms with Crippen LogP contribution in [0.25, 0.3) is 0 Å². The van der Waals surface area contributed by atoms with Gasteiger partial charge in [-0.15, -0.1) is 0 Å². The van der Waals surface area contributed by atoms with Crippen LogP contribution in [0.2, 0.25) is 0 Å². The Hall–Kier alpha value is -0.910. The number of ketones is 1. The second-order valence-corrected chi connectivity index (χ2v) is 6.88. The quantitative estimate of drug-likeness (QED) is 0.711. The third kappa shape index (κ3) is 1.55. The maximum Gasteiger partial charge on any atom is 0.259 e. The first-order valence-corrected chi connectivity index (χ1v) is 6.83. The number of fused-ring (bicyclic) bond motifs is 7. The molecule has 0 aromatic heterocycles. The number of hydrogen-bond donors (Lipinski definition) is 1. The largest absolute Gasteiger partial charge is 0.461 e. The van der Waals surface area contributed by atoms with E-state index < -0.39 is 12.1 Å². The monoisotopic (exact) mass is 266 g/mol. The van der Waals surface area contributed by atoms with Crippen molar-refractivity contribution in [2.45, 2.75) is 51.3 Å². The molecule has 1 N–H and O–H groups in total. The Morgan fingerprint density at radius 2 is 2.11 bits per heavy atom. The van der Waals surface area contributed by atoms with Gasteiger partial charge in [0.2, 0.25) is 6.29 Å². The van der Waals surface area contributed by atoms with Crippen LogP contribution in [0.3, 0.4) is 0 Å². The molecule has 4 rings (SSSR count). The van der Waals surface area contributed by atoms with Crippen molar-refractivity contribution < 1.29 is 24.1 Å². The fourth-order valence-electron chi connectivity index (χ4n) is 3.78. The molecule has 3 aliphatic heterocycles. The van der Waals surface area contributed by atoms with Gasteiger partial charge in [0, 0.05) is 30.8 Å². The summed E-state index contributed by atoms with van der Waals surface area (Å²) in [5, 5.41) is 10.6. The van der Waals surface area contributed by atoms with Crippen molar-refractivity contribution in [3.63, 3.8) is 0 Å². The van der Waals surface area contributed by atoms with Crippen LogP contribution in [0.5, 0.6) is 0 Å². The van der Waals surface area contributed by atoms with Crippen molar-refractivity contribution >= 4 is 5.78 Å². The van der Waals surface area contributed by atoms with Gasteiger partial charge in [0.1, 0.15) is 5.76 Å². The molecule has 0 aromatic carbocycles. The average Bonchev–Trinajstić information content (AvgIpc) is 2.70. The standard InChI is InChI=1S/C14H18O5/c1-13(2)4-8(15)11-7-3-14(16,19-9(11)5-13)12-17-6-10(7)18-12/h7,10,12,16H,3-6H2,1-2H3/t7-,10?,12-,14?/m1/s1. The zero-order valence-corrected chi connectivity index (χ0v) is 11.1. The van der Waals surface area contributed by atoms with Crippen molar-refractivity contribution in [2.75, 3.05) is 6.61 Å². The van der Waals surface area contributed by atoms with Crippen LogP contribution in [-0.2, 0) is 19.0 Å². The Bertz CT molecular complexity index is 494. The van der Waals surface area contributed by atoms with Crippen LogP contribution in [-0.4, -0.2) is 35.7 Å². The fourth-order valence-corrected chi connectivity index (χ4v) is 3.78. The third-order valence-corrected chi connectivity index (χ3v) is 4.59. The summed E-state index contributed by atoms with van der Waals surface area (Å²) < 4.78 is 16.8. The van der Waals surface area contributed by atoms with E-state index in [0.29, 0.717) is 31.6 Å². The first kappa shape index (κ1) is 11.9. The van der Waals surface area contributed by atoms with Gasteiger partial charge in [-0.1, -0.05) is 13.8 Å². The van der Waals surface area contributed by atoms with E-state index >= 15 is 0 Å². The summed E-state index contributed by atoms with van der Waals surface area (Å²) in [7, 11) is 0. The zero-order valence-electron chi connectivity index (χ0n) is 11.1. The van der Waals surface area contributed by atoms with Gasteiger partial charge in [0.25, 0.3) is 5.79 Å². The van der Waals surface area contributed by atoms with Gasteiger partial charge < -0.3 is 19.3 Å². The van der Waals surface area contributed by atoms with Gasteiger partial charge in [-0.3, -0.25) is 4.79 Å². The molecule has 5 heteroatoms. The predicted octanol–water partition coefficient (Wildman–Crippen LogP) is 1.11. The molecule has 5 nitrogen and oxygen atoms in total. The van der Waals surface area contributed by atoms with Crippen LogP contribution in [0.15, 0.2) is 11.3 Å². The molecular weight excluding hydrogens is 248 g/mol. The first-order chi connectivity index (χ1) is 8.88. The van der Waals surface area contributed by atoms with Gasteiger partial charge in [0.05, 0.1) is 12.7 Å². The van der Waals surface area contributed by atoms with Crippen molar-refractivity contribution in [1.82, 2.24) is 0 Å². The number of rotatable bonds is 0. The Labute approximate surface area is 111 Å². The molecule has 0 saturated carbocycles. The second-order valence-electron chi connectivity index (χ2n) is 6.88. The molecule has 2 saturated heterocycles. The number of allylic oxidation sites excluding steroid dienone is 1. The number of hydrogen-bond acceptors (Lipinski definition) is 5. The van der Waals surface area contributed by atoms with E-state index in [4.69, 9.17) is 14.2 Å². The van der Waals surface area contributed by atoms with Crippen LogP contribution in [0.4, 0.5) is 0 Å². The van der Waals surface area contributed by atoms with E-state index in [2.05, 4.69) is 0 Å². The second kappa shape index (κ2) is 3.40. The summed E-state index contributed by atoms with van der Waals surface area (Å²) >= 11 is 0. The molecular formula is C14H18O5. The highest BCUT2D eigenvalue weighted by atomic mass is 16.8. The first-order valence-electron chi connectivity index (χ1n) is 6.83. The van der Waals surface area contributed by atoms with Gasteiger partial charge in [-0.2, -0.15) is 0 Å². The molecule has 2 fully saturated rings. The fraction of sp³-hybridized carbons (Fsp3) is 0.786. The lowest BCUT2D eigenvalue weighted by molar-refractivity contribution is -0.331. The summed E-state index contributed by atoms with van der Waals surface area (Å²) in [6, 6.07) is 0. The summed E-state index contributed by atoms with van der Waals surface area (Å²) in [4.78, 5) is 12.4. The minimum Gasteiger partial charge on any atom is -0.461 e. The van der Waals surface area contributed by atoms with E-state index in [-0.39, 0.29) is 23.2 Å². The van der Waals surface area contributed by atoms with Crippen LogP contribution < -0.4 is 0 Å². The van der Waals surface area contributed by atoms with Gasteiger partial charge >= 0.3 is 0 Å². The average molecular weight is 266 g/mol. The van der Waals surface area contributed by atoms with E-state index in [1.54, 1.807) is 0 Å². The normalized spacial score (nSPS) is 46.9. The summed E-state index contributed by atoms with van der Waals surface area (Å²) in [5.74, 6) is -0.725. The number of aliphatic hydroxyl groups is 1. The maximum absolute atomic E-state index is 12.4. The number of ether oxygens (including phenoxy) is 3. The molecule has 0 amide bonds. The molecule has 0 spiro atoms. The number of carbonyl (C=O) groups excluding carboxylic acids is 1. The minimum atomic E-state index is -1.43. The molecule has 0 aromatic rings. The van der Waals surface area contributed by atoms with Gasteiger partial charge in [-0.05, 0) is 5.41 Å².